The molecule has 1 atom stereocenters. The Morgan fingerprint density at radius 2 is 2.18 bits per heavy atom. The highest BCUT2D eigenvalue weighted by atomic mass is 19.3. The van der Waals surface area contributed by atoms with Crippen molar-refractivity contribution in [1.29, 1.82) is 0 Å². The molecule has 2 aromatic heterocycles. The maximum atomic E-state index is 14.2. The summed E-state index contributed by atoms with van der Waals surface area (Å²) in [5, 5.41) is 7.23. The van der Waals surface area contributed by atoms with Crippen LogP contribution in [0.3, 0.4) is 0 Å². The van der Waals surface area contributed by atoms with Crippen LogP contribution in [0.15, 0.2) is 30.6 Å². The van der Waals surface area contributed by atoms with E-state index in [0.717, 1.165) is 0 Å². The lowest BCUT2D eigenvalue weighted by Crippen LogP contribution is -2.47. The van der Waals surface area contributed by atoms with Gasteiger partial charge in [0.15, 0.2) is 23.5 Å². The number of hydrogen-bond acceptors (Lipinski definition) is 7. The number of ether oxygens (including phenoxy) is 2. The number of aromatic nitrogens is 3. The number of anilines is 1. The molecule has 0 fully saturated rings. The van der Waals surface area contributed by atoms with Gasteiger partial charge in [-0.3, -0.25) is 4.79 Å². The predicted molar refractivity (Wildman–Crippen MR) is 119 cm³/mol. The lowest BCUT2D eigenvalue weighted by atomic mass is 10.0. The van der Waals surface area contributed by atoms with Crippen LogP contribution >= 0.6 is 0 Å². The first-order valence-electron chi connectivity index (χ1n) is 10.8. The summed E-state index contributed by atoms with van der Waals surface area (Å²) >= 11 is 0. The monoisotopic (exact) mass is 477 g/mol. The number of fused-ring (bicyclic) bond motifs is 2. The molecule has 3 aromatic rings. The van der Waals surface area contributed by atoms with Gasteiger partial charge in [0.25, 0.3) is 6.43 Å². The number of alkyl halides is 2. The summed E-state index contributed by atoms with van der Waals surface area (Å²) in [5.74, 6) is 0.245. The summed E-state index contributed by atoms with van der Waals surface area (Å²) in [5.41, 5.74) is 0.652. The number of nitrogens with one attached hydrogen (secondary N) is 1. The maximum absolute atomic E-state index is 14.2. The Balaban J connectivity index is 1.69. The van der Waals surface area contributed by atoms with Crippen LogP contribution in [0, 0.1) is 5.82 Å². The van der Waals surface area contributed by atoms with Gasteiger partial charge in [0.2, 0.25) is 0 Å². The second-order valence-corrected chi connectivity index (χ2v) is 8.74. The zero-order valence-corrected chi connectivity index (χ0v) is 19.1. The highest BCUT2D eigenvalue weighted by Crippen LogP contribution is 2.37. The Morgan fingerprint density at radius 1 is 1.38 bits per heavy atom. The average Bonchev–Trinajstić information content (AvgIpc) is 3.21. The van der Waals surface area contributed by atoms with E-state index < -0.39 is 18.3 Å². The SMILES string of the molecule is CNC(C)(C)CCOc1ccc(F)cc1CN1c2nc3c(C=O)cnn3cc2OCC1C(F)F. The second-order valence-electron chi connectivity index (χ2n) is 8.74. The minimum atomic E-state index is -2.75. The molecule has 1 N–H and O–H groups in total. The van der Waals surface area contributed by atoms with Crippen molar-refractivity contribution in [3.63, 3.8) is 0 Å². The highest BCUT2D eigenvalue weighted by Gasteiger charge is 2.36. The molecule has 34 heavy (non-hydrogen) atoms. The Kier molecular flexibility index (Phi) is 6.65. The van der Waals surface area contributed by atoms with Crippen LogP contribution in [0.25, 0.3) is 5.65 Å². The van der Waals surface area contributed by atoms with Crippen LogP contribution in [0.5, 0.6) is 11.5 Å². The van der Waals surface area contributed by atoms with E-state index in [4.69, 9.17) is 9.47 Å². The number of halogens is 3. The van der Waals surface area contributed by atoms with Gasteiger partial charge < -0.3 is 19.7 Å². The quantitative estimate of drug-likeness (QED) is 0.473. The molecule has 0 saturated heterocycles. The lowest BCUT2D eigenvalue weighted by Gasteiger charge is -2.37. The standard InChI is InChI=1S/C23H26F3N5O3/c1-23(2,27-3)6-7-33-18-5-4-16(24)8-14(18)10-30-17(20(25)26)13-34-19-11-31-21(29-22(19)30)15(12-32)9-28-31/h4-5,8-9,11-12,17,20,27H,6-7,10,13H2,1-3H3. The van der Waals surface area contributed by atoms with E-state index in [0.29, 0.717) is 30.6 Å². The van der Waals surface area contributed by atoms with Crippen LogP contribution in [0.2, 0.25) is 0 Å². The van der Waals surface area contributed by atoms with Crippen molar-refractivity contribution in [2.75, 3.05) is 25.2 Å². The highest BCUT2D eigenvalue weighted by molar-refractivity contribution is 5.84. The van der Waals surface area contributed by atoms with E-state index in [1.807, 2.05) is 20.9 Å². The predicted octanol–water partition coefficient (Wildman–Crippen LogP) is 3.48. The molecular formula is C23H26F3N5O3. The van der Waals surface area contributed by atoms with Crippen molar-refractivity contribution in [2.45, 2.75) is 44.8 Å². The molecule has 0 spiro atoms. The second kappa shape index (κ2) is 9.49. The van der Waals surface area contributed by atoms with Crippen molar-refractivity contribution in [1.82, 2.24) is 19.9 Å². The van der Waals surface area contributed by atoms with Crippen LogP contribution in [0.1, 0.15) is 36.2 Å². The summed E-state index contributed by atoms with van der Waals surface area (Å²) in [4.78, 5) is 17.1. The van der Waals surface area contributed by atoms with E-state index >= 15 is 0 Å². The van der Waals surface area contributed by atoms with E-state index in [2.05, 4.69) is 15.4 Å². The summed E-state index contributed by atoms with van der Waals surface area (Å²) in [7, 11) is 1.85. The molecule has 1 aliphatic rings. The largest absolute Gasteiger partial charge is 0.493 e. The van der Waals surface area contributed by atoms with Gasteiger partial charge in [-0.15, -0.1) is 0 Å². The number of aldehydes is 1. The van der Waals surface area contributed by atoms with Gasteiger partial charge in [-0.05, 0) is 45.5 Å². The van der Waals surface area contributed by atoms with Gasteiger partial charge in [0.05, 0.1) is 24.6 Å². The van der Waals surface area contributed by atoms with E-state index in [1.165, 1.54) is 40.0 Å². The van der Waals surface area contributed by atoms with Crippen molar-refractivity contribution >= 4 is 17.8 Å². The third kappa shape index (κ3) is 4.79. The molecule has 8 nitrogen and oxygen atoms in total. The van der Waals surface area contributed by atoms with E-state index in [9.17, 15) is 18.0 Å². The number of carbonyl (C=O) groups excluding carboxylic acids is 1. The van der Waals surface area contributed by atoms with Crippen molar-refractivity contribution in [3.05, 3.63) is 47.5 Å². The van der Waals surface area contributed by atoms with Gasteiger partial charge in [-0.2, -0.15) is 5.10 Å². The Morgan fingerprint density at radius 3 is 2.88 bits per heavy atom. The molecule has 0 saturated carbocycles. The molecule has 0 aliphatic carbocycles. The fourth-order valence-electron chi connectivity index (χ4n) is 3.65. The van der Waals surface area contributed by atoms with Crippen LogP contribution in [0.4, 0.5) is 19.0 Å². The first-order valence-corrected chi connectivity index (χ1v) is 10.8. The zero-order valence-electron chi connectivity index (χ0n) is 19.1. The number of nitrogens with zero attached hydrogens (tertiary/aromatic N) is 4. The van der Waals surface area contributed by atoms with Gasteiger partial charge in [-0.1, -0.05) is 0 Å². The third-order valence-corrected chi connectivity index (χ3v) is 5.99. The minimum absolute atomic E-state index is 0.0956. The first kappa shape index (κ1) is 23.8. The Bertz CT molecular complexity index is 1180. The number of hydrogen-bond donors (Lipinski definition) is 1. The number of rotatable bonds is 9. The van der Waals surface area contributed by atoms with Crippen LogP contribution in [-0.2, 0) is 6.54 Å². The minimum Gasteiger partial charge on any atom is -0.493 e. The molecule has 11 heteroatoms. The van der Waals surface area contributed by atoms with Crippen molar-refractivity contribution in [3.8, 4) is 11.5 Å². The molecule has 182 valence electrons. The summed E-state index contributed by atoms with van der Waals surface area (Å²) in [6.45, 7) is 4.01. The molecule has 3 heterocycles. The zero-order chi connectivity index (χ0) is 24.5. The van der Waals surface area contributed by atoms with Gasteiger partial charge in [0.1, 0.15) is 24.2 Å². The molecule has 0 bridgehead atoms. The fraction of sp³-hybridized carbons (Fsp3) is 0.435. The number of benzene rings is 1. The van der Waals surface area contributed by atoms with Crippen LogP contribution in [-0.4, -0.2) is 59.2 Å². The summed E-state index contributed by atoms with van der Waals surface area (Å²) in [6, 6.07) is 2.70. The van der Waals surface area contributed by atoms with Gasteiger partial charge in [-0.25, -0.2) is 22.7 Å². The van der Waals surface area contributed by atoms with E-state index in [-0.39, 0.29) is 41.5 Å². The molecule has 1 unspecified atom stereocenters. The molecular weight excluding hydrogens is 451 g/mol. The van der Waals surface area contributed by atoms with Crippen LogP contribution < -0.4 is 19.7 Å². The third-order valence-electron chi connectivity index (χ3n) is 5.99. The average molecular weight is 477 g/mol. The summed E-state index contributed by atoms with van der Waals surface area (Å²) < 4.78 is 54.9. The Hall–Kier alpha value is -3.34. The fourth-order valence-corrected chi connectivity index (χ4v) is 3.65. The Labute approximate surface area is 194 Å². The van der Waals surface area contributed by atoms with E-state index in [1.54, 1.807) is 0 Å². The maximum Gasteiger partial charge on any atom is 0.261 e. The normalized spacial score (nSPS) is 16.0. The first-order chi connectivity index (χ1) is 16.2. The van der Waals surface area contributed by atoms with Crippen molar-refractivity contribution in [2.24, 2.45) is 0 Å². The molecule has 1 aliphatic heterocycles. The number of carbonyl (C=O) groups is 1. The molecule has 4 rings (SSSR count). The van der Waals surface area contributed by atoms with Gasteiger partial charge >= 0.3 is 0 Å². The smallest absolute Gasteiger partial charge is 0.261 e. The topological polar surface area (TPSA) is 81.0 Å². The summed E-state index contributed by atoms with van der Waals surface area (Å²) in [6.07, 6.45) is 1.33. The molecule has 0 amide bonds. The molecule has 0 radical (unpaired) electrons. The van der Waals surface area contributed by atoms with Gasteiger partial charge in [0, 0.05) is 17.6 Å². The molecule has 1 aromatic carbocycles. The lowest BCUT2D eigenvalue weighted by molar-refractivity contribution is 0.0766. The van der Waals surface area contributed by atoms with Crippen molar-refractivity contribution < 1.29 is 27.4 Å².